The van der Waals surface area contributed by atoms with Gasteiger partial charge in [-0.3, -0.25) is 0 Å². The first-order valence-electron chi connectivity index (χ1n) is 27.5. The van der Waals surface area contributed by atoms with Gasteiger partial charge >= 0.3 is 0 Å². The SMILES string of the molecule is c1ccc(-c2ccc(-c3ccc(-c4ccc(N(c5ccc(-c6ccc(-c7ccc(-c8ccccc8)cc7)cc6)cc5)c5ccc(-n6c7ccc(-c8ccccc8)cc7c7cc(-c8ccccc8)ccc76)cc5)cc4)cc3)cc2)cc1. The number of hydrogen-bond donors (Lipinski definition) is 0. The van der Waals surface area contributed by atoms with Gasteiger partial charge in [0.1, 0.15) is 0 Å². The Morgan fingerprint density at radius 2 is 0.375 bits per heavy atom. The summed E-state index contributed by atoms with van der Waals surface area (Å²) < 4.78 is 2.42. The lowest BCUT2D eigenvalue weighted by Gasteiger charge is -2.26. The standard InChI is InChI=1S/C78H54N2/c1-5-13-55(14-6-1)59-21-25-61(26-22-59)63-29-33-65(34-30-63)67-37-43-71(44-38-67)79(72-45-39-68(40-46-72)66-35-31-64(32-36-66)62-27-23-60(24-28-62)56-15-7-2-8-16-56)73-47-49-74(50-48-73)80-77-51-41-69(57-17-9-3-10-18-57)53-75(77)76-54-70(42-52-78(76)80)58-19-11-4-12-20-58/h1-54H. The number of anilines is 3. The first-order chi connectivity index (χ1) is 39.6. The molecular weight excluding hydrogens is 965 g/mol. The van der Waals surface area contributed by atoms with Crippen molar-refractivity contribution in [1.82, 2.24) is 4.57 Å². The van der Waals surface area contributed by atoms with Crippen LogP contribution in [0.2, 0.25) is 0 Å². The number of aromatic nitrogens is 1. The molecule has 0 saturated carbocycles. The van der Waals surface area contributed by atoms with E-state index in [9.17, 15) is 0 Å². The molecule has 0 bridgehead atoms. The minimum atomic E-state index is 1.07. The van der Waals surface area contributed by atoms with Gasteiger partial charge in [-0.05, 0) is 162 Å². The molecular formula is C78H54N2. The number of fused-ring (bicyclic) bond motifs is 3. The molecule has 376 valence electrons. The molecule has 0 aliphatic heterocycles. The van der Waals surface area contributed by atoms with Gasteiger partial charge in [-0.1, -0.05) is 255 Å². The Labute approximate surface area is 468 Å². The smallest absolute Gasteiger partial charge is 0.0541 e. The molecule has 0 fully saturated rings. The summed E-state index contributed by atoms with van der Waals surface area (Å²) in [5.74, 6) is 0. The van der Waals surface area contributed by atoms with E-state index in [0.717, 1.165) is 33.9 Å². The van der Waals surface area contributed by atoms with E-state index < -0.39 is 0 Å². The van der Waals surface area contributed by atoms with Gasteiger partial charge in [0.15, 0.2) is 0 Å². The third-order valence-electron chi connectivity index (χ3n) is 15.7. The average Bonchev–Trinajstić information content (AvgIpc) is 4.08. The van der Waals surface area contributed by atoms with Crippen molar-refractivity contribution in [3.8, 4) is 94.7 Å². The fourth-order valence-electron chi connectivity index (χ4n) is 11.4. The van der Waals surface area contributed by atoms with Gasteiger partial charge in [0, 0.05) is 33.5 Å². The molecule has 0 unspecified atom stereocenters. The fourth-order valence-corrected chi connectivity index (χ4v) is 11.4. The predicted molar refractivity (Wildman–Crippen MR) is 339 cm³/mol. The molecule has 0 N–H and O–H groups in total. The monoisotopic (exact) mass is 1020 g/mol. The van der Waals surface area contributed by atoms with E-state index in [1.807, 2.05) is 0 Å². The van der Waals surface area contributed by atoms with Crippen LogP contribution in [0.5, 0.6) is 0 Å². The van der Waals surface area contributed by atoms with Gasteiger partial charge in [0.2, 0.25) is 0 Å². The zero-order chi connectivity index (χ0) is 53.2. The molecule has 0 radical (unpaired) electrons. The van der Waals surface area contributed by atoms with Crippen LogP contribution in [0.15, 0.2) is 328 Å². The Morgan fingerprint density at radius 3 is 0.637 bits per heavy atom. The summed E-state index contributed by atoms with van der Waals surface area (Å²) in [7, 11) is 0. The third kappa shape index (κ3) is 9.46. The van der Waals surface area contributed by atoms with Crippen molar-refractivity contribution >= 4 is 38.9 Å². The lowest BCUT2D eigenvalue weighted by molar-refractivity contribution is 1.17. The predicted octanol–water partition coefficient (Wildman–Crippen LogP) is 21.6. The van der Waals surface area contributed by atoms with Gasteiger partial charge in [-0.25, -0.2) is 0 Å². The summed E-state index contributed by atoms with van der Waals surface area (Å²) in [4.78, 5) is 2.37. The number of rotatable bonds is 12. The maximum atomic E-state index is 2.42. The molecule has 2 heteroatoms. The molecule has 0 amide bonds. The van der Waals surface area contributed by atoms with E-state index in [1.165, 1.54) is 99.7 Å². The molecule has 0 aliphatic carbocycles. The Hall–Kier alpha value is -10.5. The highest BCUT2D eigenvalue weighted by atomic mass is 15.1. The van der Waals surface area contributed by atoms with Crippen LogP contribution < -0.4 is 4.90 Å². The van der Waals surface area contributed by atoms with E-state index in [-0.39, 0.29) is 0 Å². The van der Waals surface area contributed by atoms with Crippen LogP contribution in [0.4, 0.5) is 17.1 Å². The Kier molecular flexibility index (Phi) is 12.6. The zero-order valence-corrected chi connectivity index (χ0v) is 44.1. The van der Waals surface area contributed by atoms with Crippen molar-refractivity contribution in [2.75, 3.05) is 4.90 Å². The molecule has 80 heavy (non-hydrogen) atoms. The lowest BCUT2D eigenvalue weighted by Crippen LogP contribution is -2.10. The van der Waals surface area contributed by atoms with E-state index >= 15 is 0 Å². The van der Waals surface area contributed by atoms with Crippen molar-refractivity contribution in [3.05, 3.63) is 328 Å². The number of nitrogens with zero attached hydrogens (tertiary/aromatic N) is 2. The highest BCUT2D eigenvalue weighted by Gasteiger charge is 2.18. The van der Waals surface area contributed by atoms with Gasteiger partial charge in [0.05, 0.1) is 11.0 Å². The molecule has 0 saturated heterocycles. The summed E-state index contributed by atoms with van der Waals surface area (Å²) in [6.07, 6.45) is 0. The van der Waals surface area contributed by atoms with Crippen LogP contribution in [0, 0.1) is 0 Å². The summed E-state index contributed by atoms with van der Waals surface area (Å²) in [6, 6.07) is 119. The normalized spacial score (nSPS) is 11.2. The zero-order valence-electron chi connectivity index (χ0n) is 44.1. The lowest BCUT2D eigenvalue weighted by atomic mass is 9.97. The van der Waals surface area contributed by atoms with Gasteiger partial charge < -0.3 is 9.47 Å². The minimum absolute atomic E-state index is 1.07. The fraction of sp³-hybridized carbons (Fsp3) is 0. The first kappa shape index (κ1) is 47.9. The van der Waals surface area contributed by atoms with Crippen LogP contribution >= 0.6 is 0 Å². The Balaban J connectivity index is 0.796. The number of hydrogen-bond acceptors (Lipinski definition) is 1. The van der Waals surface area contributed by atoms with Crippen molar-refractivity contribution in [1.29, 1.82) is 0 Å². The van der Waals surface area contributed by atoms with E-state index in [4.69, 9.17) is 0 Å². The molecule has 2 nitrogen and oxygen atoms in total. The van der Waals surface area contributed by atoms with E-state index in [2.05, 4.69) is 337 Å². The highest BCUT2D eigenvalue weighted by molar-refractivity contribution is 6.11. The second kappa shape index (κ2) is 21.1. The van der Waals surface area contributed by atoms with Crippen molar-refractivity contribution in [3.63, 3.8) is 0 Å². The molecule has 0 atom stereocenters. The van der Waals surface area contributed by atoms with Crippen LogP contribution in [-0.2, 0) is 0 Å². The van der Waals surface area contributed by atoms with Crippen LogP contribution in [-0.4, -0.2) is 4.57 Å². The second-order valence-corrected chi connectivity index (χ2v) is 20.5. The molecule has 14 aromatic rings. The maximum Gasteiger partial charge on any atom is 0.0541 e. The summed E-state index contributed by atoms with van der Waals surface area (Å²) in [5.41, 5.74) is 25.9. The molecule has 0 aliphatic rings. The average molecular weight is 1020 g/mol. The van der Waals surface area contributed by atoms with Crippen molar-refractivity contribution in [2.24, 2.45) is 0 Å². The highest BCUT2D eigenvalue weighted by Crippen LogP contribution is 2.41. The van der Waals surface area contributed by atoms with Crippen LogP contribution in [0.25, 0.3) is 117 Å². The van der Waals surface area contributed by atoms with Crippen LogP contribution in [0.1, 0.15) is 0 Å². The van der Waals surface area contributed by atoms with Gasteiger partial charge in [0.25, 0.3) is 0 Å². The molecule has 14 rings (SSSR count). The second-order valence-electron chi connectivity index (χ2n) is 20.5. The summed E-state index contributed by atoms with van der Waals surface area (Å²) in [6.45, 7) is 0. The largest absolute Gasteiger partial charge is 0.311 e. The van der Waals surface area contributed by atoms with E-state index in [1.54, 1.807) is 0 Å². The van der Waals surface area contributed by atoms with Gasteiger partial charge in [-0.15, -0.1) is 0 Å². The molecule has 0 spiro atoms. The summed E-state index contributed by atoms with van der Waals surface area (Å²) >= 11 is 0. The number of benzene rings is 13. The van der Waals surface area contributed by atoms with E-state index in [0.29, 0.717) is 0 Å². The molecule has 1 aromatic heterocycles. The topological polar surface area (TPSA) is 8.17 Å². The third-order valence-corrected chi connectivity index (χ3v) is 15.7. The quantitative estimate of drug-likeness (QED) is 0.118. The first-order valence-corrected chi connectivity index (χ1v) is 27.5. The molecule has 13 aromatic carbocycles. The Morgan fingerprint density at radius 1 is 0.175 bits per heavy atom. The Bertz CT molecular complexity index is 4130. The maximum absolute atomic E-state index is 2.42. The van der Waals surface area contributed by atoms with Crippen LogP contribution in [0.3, 0.4) is 0 Å². The summed E-state index contributed by atoms with van der Waals surface area (Å²) in [5, 5.41) is 2.45. The van der Waals surface area contributed by atoms with Crippen molar-refractivity contribution in [2.45, 2.75) is 0 Å². The minimum Gasteiger partial charge on any atom is -0.311 e. The van der Waals surface area contributed by atoms with Crippen molar-refractivity contribution < 1.29 is 0 Å². The molecule has 1 heterocycles. The van der Waals surface area contributed by atoms with Gasteiger partial charge in [-0.2, -0.15) is 0 Å².